The van der Waals surface area contributed by atoms with E-state index in [-0.39, 0.29) is 0 Å². The molecule has 17 heavy (non-hydrogen) atoms. The van der Waals surface area contributed by atoms with Crippen molar-refractivity contribution in [1.29, 1.82) is 5.26 Å². The van der Waals surface area contributed by atoms with E-state index in [4.69, 9.17) is 14.7 Å². The van der Waals surface area contributed by atoms with Crippen LogP contribution in [0.15, 0.2) is 12.1 Å². The number of ether oxygens (including phenoxy) is 2. The molecule has 0 radical (unpaired) electrons. The molecule has 1 aromatic carbocycles. The average Bonchev–Trinajstić information content (AvgIpc) is 2.36. The number of nitriles is 1. The zero-order valence-corrected chi connectivity index (χ0v) is 10.8. The summed E-state index contributed by atoms with van der Waals surface area (Å²) in [6, 6.07) is 3.93. The van der Waals surface area contributed by atoms with E-state index in [1.54, 1.807) is 26.2 Å². The molecule has 4 nitrogen and oxygen atoms in total. The van der Waals surface area contributed by atoms with Crippen LogP contribution in [0.4, 0.5) is 0 Å². The average molecular weight is 234 g/mol. The number of hydrogen-bond donors (Lipinski definition) is 0. The molecule has 0 amide bonds. The van der Waals surface area contributed by atoms with Crippen LogP contribution in [0.3, 0.4) is 0 Å². The molecule has 0 aliphatic carbocycles. The van der Waals surface area contributed by atoms with E-state index in [0.717, 1.165) is 29.0 Å². The number of methoxy groups -OCH3 is 2. The SMILES string of the molecule is COc1cc(CCN(C)C#N)c(OC)cc1C. The minimum atomic E-state index is 0.666. The van der Waals surface area contributed by atoms with Crippen LogP contribution < -0.4 is 9.47 Å². The number of rotatable bonds is 5. The van der Waals surface area contributed by atoms with Crippen LogP contribution in [0.5, 0.6) is 11.5 Å². The lowest BCUT2D eigenvalue weighted by molar-refractivity contribution is 0.392. The second-order valence-electron chi connectivity index (χ2n) is 3.91. The quantitative estimate of drug-likeness (QED) is 0.577. The fourth-order valence-electron chi connectivity index (χ4n) is 1.65. The second kappa shape index (κ2) is 6.00. The van der Waals surface area contributed by atoms with E-state index in [1.165, 1.54) is 0 Å². The predicted molar refractivity (Wildman–Crippen MR) is 66.2 cm³/mol. The lowest BCUT2D eigenvalue weighted by atomic mass is 10.1. The Hall–Kier alpha value is -1.89. The molecule has 0 heterocycles. The molecule has 0 bridgehead atoms. The molecule has 0 atom stereocenters. The summed E-state index contributed by atoms with van der Waals surface area (Å²) in [5, 5.41) is 8.70. The van der Waals surface area contributed by atoms with E-state index in [0.29, 0.717) is 6.54 Å². The molecule has 0 unspecified atom stereocenters. The summed E-state index contributed by atoms with van der Waals surface area (Å²) in [7, 11) is 5.07. The number of hydrogen-bond acceptors (Lipinski definition) is 4. The zero-order valence-electron chi connectivity index (χ0n) is 10.8. The summed E-state index contributed by atoms with van der Waals surface area (Å²) in [6.45, 7) is 2.64. The number of aryl methyl sites for hydroxylation is 1. The third kappa shape index (κ3) is 3.28. The van der Waals surface area contributed by atoms with Gasteiger partial charge in [-0.1, -0.05) is 0 Å². The Balaban J connectivity index is 2.93. The Bertz CT molecular complexity index is 424. The molecule has 0 N–H and O–H groups in total. The van der Waals surface area contributed by atoms with Crippen LogP contribution >= 0.6 is 0 Å². The molecule has 0 saturated carbocycles. The van der Waals surface area contributed by atoms with Gasteiger partial charge in [-0.25, -0.2) is 0 Å². The van der Waals surface area contributed by atoms with Gasteiger partial charge in [0.15, 0.2) is 6.19 Å². The Morgan fingerprint density at radius 2 is 1.88 bits per heavy atom. The molecule has 1 rings (SSSR count). The van der Waals surface area contributed by atoms with Crippen molar-refractivity contribution in [2.45, 2.75) is 13.3 Å². The summed E-state index contributed by atoms with van der Waals surface area (Å²) in [5.41, 5.74) is 2.10. The Labute approximate surface area is 102 Å². The molecule has 0 aliphatic rings. The van der Waals surface area contributed by atoms with Crippen molar-refractivity contribution in [2.75, 3.05) is 27.8 Å². The number of likely N-dealkylation sites (N-methyl/N-ethyl adjacent to an activating group) is 1. The van der Waals surface area contributed by atoms with E-state index in [2.05, 4.69) is 6.19 Å². The molecule has 0 aromatic heterocycles. The van der Waals surface area contributed by atoms with Crippen molar-refractivity contribution in [1.82, 2.24) is 4.90 Å². The van der Waals surface area contributed by atoms with Gasteiger partial charge in [-0.15, -0.1) is 0 Å². The van der Waals surface area contributed by atoms with Gasteiger partial charge in [-0.2, -0.15) is 5.26 Å². The van der Waals surface area contributed by atoms with Crippen LogP contribution in [0.25, 0.3) is 0 Å². The van der Waals surface area contributed by atoms with E-state index in [1.807, 2.05) is 19.1 Å². The van der Waals surface area contributed by atoms with Crippen LogP contribution in [0.1, 0.15) is 11.1 Å². The van der Waals surface area contributed by atoms with Gasteiger partial charge in [0.05, 0.1) is 14.2 Å². The highest BCUT2D eigenvalue weighted by Crippen LogP contribution is 2.28. The predicted octanol–water partition coefficient (Wildman–Crippen LogP) is 1.97. The molecular formula is C13H18N2O2. The van der Waals surface area contributed by atoms with Gasteiger partial charge >= 0.3 is 0 Å². The Kier molecular flexibility index (Phi) is 4.65. The lowest BCUT2D eigenvalue weighted by Gasteiger charge is -2.14. The van der Waals surface area contributed by atoms with Crippen molar-refractivity contribution < 1.29 is 9.47 Å². The Morgan fingerprint density at radius 3 is 2.41 bits per heavy atom. The maximum absolute atomic E-state index is 8.70. The van der Waals surface area contributed by atoms with Gasteiger partial charge in [0.25, 0.3) is 0 Å². The van der Waals surface area contributed by atoms with Gasteiger partial charge in [0, 0.05) is 13.6 Å². The molecule has 1 aromatic rings. The van der Waals surface area contributed by atoms with E-state index >= 15 is 0 Å². The van der Waals surface area contributed by atoms with E-state index in [9.17, 15) is 0 Å². The highest BCUT2D eigenvalue weighted by Gasteiger charge is 2.09. The fourth-order valence-corrected chi connectivity index (χ4v) is 1.65. The largest absolute Gasteiger partial charge is 0.496 e. The van der Waals surface area contributed by atoms with Crippen molar-refractivity contribution in [2.24, 2.45) is 0 Å². The highest BCUT2D eigenvalue weighted by atomic mass is 16.5. The van der Waals surface area contributed by atoms with Gasteiger partial charge in [0.1, 0.15) is 11.5 Å². The van der Waals surface area contributed by atoms with Gasteiger partial charge in [0.2, 0.25) is 0 Å². The lowest BCUT2D eigenvalue weighted by Crippen LogP contribution is -2.15. The van der Waals surface area contributed by atoms with Crippen LogP contribution in [-0.2, 0) is 6.42 Å². The van der Waals surface area contributed by atoms with Crippen molar-refractivity contribution in [3.05, 3.63) is 23.3 Å². The third-order valence-electron chi connectivity index (χ3n) is 2.69. The molecule has 0 spiro atoms. The van der Waals surface area contributed by atoms with Gasteiger partial charge in [-0.3, -0.25) is 0 Å². The maximum atomic E-state index is 8.70. The molecule has 0 aliphatic heterocycles. The topological polar surface area (TPSA) is 45.5 Å². The summed E-state index contributed by atoms with van der Waals surface area (Å²) in [4.78, 5) is 1.59. The summed E-state index contributed by atoms with van der Waals surface area (Å²) in [6.07, 6.45) is 2.83. The number of benzene rings is 1. The zero-order chi connectivity index (χ0) is 12.8. The minimum Gasteiger partial charge on any atom is -0.496 e. The van der Waals surface area contributed by atoms with Crippen LogP contribution in [-0.4, -0.2) is 32.7 Å². The van der Waals surface area contributed by atoms with Crippen molar-refractivity contribution in [3.8, 4) is 17.7 Å². The van der Waals surface area contributed by atoms with Gasteiger partial charge in [-0.05, 0) is 36.6 Å². The van der Waals surface area contributed by atoms with Crippen molar-refractivity contribution >= 4 is 0 Å². The summed E-state index contributed by atoms with van der Waals surface area (Å²) < 4.78 is 10.6. The van der Waals surface area contributed by atoms with E-state index < -0.39 is 0 Å². The number of nitrogens with zero attached hydrogens (tertiary/aromatic N) is 2. The third-order valence-corrected chi connectivity index (χ3v) is 2.69. The Morgan fingerprint density at radius 1 is 1.24 bits per heavy atom. The molecule has 0 saturated heterocycles. The first-order valence-electron chi connectivity index (χ1n) is 5.44. The first-order chi connectivity index (χ1) is 8.12. The molecule has 92 valence electrons. The maximum Gasteiger partial charge on any atom is 0.179 e. The molecule has 0 fully saturated rings. The monoisotopic (exact) mass is 234 g/mol. The van der Waals surface area contributed by atoms with Gasteiger partial charge < -0.3 is 14.4 Å². The summed E-state index contributed by atoms with van der Waals surface area (Å²) >= 11 is 0. The first kappa shape index (κ1) is 13.2. The van der Waals surface area contributed by atoms with Crippen molar-refractivity contribution in [3.63, 3.8) is 0 Å². The van der Waals surface area contributed by atoms with Crippen LogP contribution in [0.2, 0.25) is 0 Å². The molecular weight excluding hydrogens is 216 g/mol. The van der Waals surface area contributed by atoms with Crippen LogP contribution in [0, 0.1) is 18.4 Å². The molecule has 4 heteroatoms. The smallest absolute Gasteiger partial charge is 0.179 e. The first-order valence-corrected chi connectivity index (χ1v) is 5.44. The normalized spacial score (nSPS) is 9.59. The second-order valence-corrected chi connectivity index (χ2v) is 3.91. The fraction of sp³-hybridized carbons (Fsp3) is 0.462. The highest BCUT2D eigenvalue weighted by molar-refractivity contribution is 5.46. The summed E-state index contributed by atoms with van der Waals surface area (Å²) in [5.74, 6) is 1.69. The minimum absolute atomic E-state index is 0.666. The standard InChI is InChI=1S/C13H18N2O2/c1-10-7-13(17-4)11(8-12(10)16-3)5-6-15(2)9-14/h7-8H,5-6H2,1-4H3.